The van der Waals surface area contributed by atoms with E-state index in [1.807, 2.05) is 0 Å². The largest absolute Gasteiger partial charge is 0.367 e. The normalized spacial score (nSPS) is 28.2. The first-order valence-electron chi connectivity index (χ1n) is 6.00. The van der Waals surface area contributed by atoms with Gasteiger partial charge >= 0.3 is 0 Å². The van der Waals surface area contributed by atoms with Crippen LogP contribution >= 0.6 is 0 Å². The Labute approximate surface area is 101 Å². The van der Waals surface area contributed by atoms with Crippen LogP contribution in [0.1, 0.15) is 26.7 Å². The second-order valence-corrected chi connectivity index (χ2v) is 4.89. The van der Waals surface area contributed by atoms with Gasteiger partial charge < -0.3 is 11.1 Å². The van der Waals surface area contributed by atoms with Gasteiger partial charge in [0.25, 0.3) is 0 Å². The average Bonchev–Trinajstić information content (AvgIpc) is 2.79. The fraction of sp³-hybridized carbons (Fsp3) is 0.727. The van der Waals surface area contributed by atoms with Crippen LogP contribution in [-0.4, -0.2) is 26.7 Å². The quantitative estimate of drug-likeness (QED) is 0.797. The van der Waals surface area contributed by atoms with Crippen molar-refractivity contribution in [3.8, 4) is 0 Å². The fourth-order valence-electron chi connectivity index (χ4n) is 2.35. The van der Waals surface area contributed by atoms with Crippen LogP contribution in [0.4, 0.5) is 5.95 Å². The highest BCUT2D eigenvalue weighted by atomic mass is 16.2. The molecule has 0 spiro atoms. The van der Waals surface area contributed by atoms with E-state index < -0.39 is 0 Å². The monoisotopic (exact) mass is 237 g/mol. The number of aromatic nitrogens is 3. The molecule has 2 rings (SSSR count). The van der Waals surface area contributed by atoms with Crippen molar-refractivity contribution in [3.05, 3.63) is 6.33 Å². The number of nitrogens with one attached hydrogen (secondary N) is 1. The predicted molar refractivity (Wildman–Crippen MR) is 63.9 cm³/mol. The highest BCUT2D eigenvalue weighted by molar-refractivity contribution is 5.76. The number of nitrogens with two attached hydrogens (primary N) is 1. The molecule has 6 heteroatoms. The van der Waals surface area contributed by atoms with Gasteiger partial charge in [-0.1, -0.05) is 13.8 Å². The van der Waals surface area contributed by atoms with Crippen molar-refractivity contribution in [2.24, 2.45) is 11.8 Å². The lowest BCUT2D eigenvalue weighted by atomic mass is 9.98. The molecule has 1 aromatic rings. The molecule has 1 fully saturated rings. The number of nitrogens with zero attached hydrogens (tertiary/aromatic N) is 3. The van der Waals surface area contributed by atoms with Crippen molar-refractivity contribution in [3.63, 3.8) is 0 Å². The highest BCUT2D eigenvalue weighted by Crippen LogP contribution is 2.30. The minimum atomic E-state index is -0.0270. The van der Waals surface area contributed by atoms with E-state index in [2.05, 4.69) is 29.2 Å². The van der Waals surface area contributed by atoms with Crippen LogP contribution in [0.2, 0.25) is 0 Å². The van der Waals surface area contributed by atoms with Gasteiger partial charge in [0.1, 0.15) is 12.9 Å². The molecule has 1 amide bonds. The molecule has 0 aliphatic heterocycles. The lowest BCUT2D eigenvalue weighted by Crippen LogP contribution is -2.39. The molecule has 3 N–H and O–H groups in total. The molecule has 0 radical (unpaired) electrons. The predicted octanol–water partition coefficient (Wildman–Crippen LogP) is 0.411. The Hall–Kier alpha value is -1.59. The third-order valence-electron chi connectivity index (χ3n) is 3.67. The Morgan fingerprint density at radius 1 is 1.59 bits per heavy atom. The molecule has 17 heavy (non-hydrogen) atoms. The summed E-state index contributed by atoms with van der Waals surface area (Å²) in [5.74, 6) is 1.39. The third-order valence-corrected chi connectivity index (χ3v) is 3.67. The van der Waals surface area contributed by atoms with Crippen LogP contribution in [0.25, 0.3) is 0 Å². The molecule has 6 nitrogen and oxygen atoms in total. The fourth-order valence-corrected chi connectivity index (χ4v) is 2.35. The van der Waals surface area contributed by atoms with Crippen molar-refractivity contribution in [2.75, 3.05) is 5.73 Å². The molecule has 3 atom stereocenters. The van der Waals surface area contributed by atoms with Crippen LogP contribution < -0.4 is 11.1 Å². The molecule has 3 unspecified atom stereocenters. The van der Waals surface area contributed by atoms with Gasteiger partial charge in [0, 0.05) is 6.04 Å². The molecule has 1 saturated carbocycles. The van der Waals surface area contributed by atoms with E-state index in [0.29, 0.717) is 17.9 Å². The molecule has 1 aromatic heterocycles. The van der Waals surface area contributed by atoms with Gasteiger partial charge in [0.05, 0.1) is 0 Å². The van der Waals surface area contributed by atoms with Crippen molar-refractivity contribution in [2.45, 2.75) is 39.3 Å². The first kappa shape index (κ1) is 11.9. The maximum absolute atomic E-state index is 11.8. The van der Waals surface area contributed by atoms with Crippen LogP contribution in [-0.2, 0) is 11.3 Å². The summed E-state index contributed by atoms with van der Waals surface area (Å²) in [6.45, 7) is 4.60. The van der Waals surface area contributed by atoms with Crippen molar-refractivity contribution in [1.82, 2.24) is 20.1 Å². The Balaban J connectivity index is 1.85. The number of hydrogen-bond donors (Lipinski definition) is 2. The number of amides is 1. The molecular weight excluding hydrogens is 218 g/mol. The summed E-state index contributed by atoms with van der Waals surface area (Å²) in [5, 5.41) is 6.93. The lowest BCUT2D eigenvalue weighted by molar-refractivity contribution is -0.122. The summed E-state index contributed by atoms with van der Waals surface area (Å²) >= 11 is 0. The summed E-state index contributed by atoms with van der Waals surface area (Å²) in [7, 11) is 0. The number of hydrogen-bond acceptors (Lipinski definition) is 4. The number of anilines is 1. The second-order valence-electron chi connectivity index (χ2n) is 4.89. The highest BCUT2D eigenvalue weighted by Gasteiger charge is 2.30. The third kappa shape index (κ3) is 2.75. The van der Waals surface area contributed by atoms with Gasteiger partial charge in [-0.25, -0.2) is 9.67 Å². The van der Waals surface area contributed by atoms with E-state index in [-0.39, 0.29) is 18.4 Å². The van der Waals surface area contributed by atoms with Gasteiger partial charge in [-0.3, -0.25) is 4.79 Å². The summed E-state index contributed by atoms with van der Waals surface area (Å²) < 4.78 is 1.45. The number of nitrogen functional groups attached to an aromatic ring is 1. The first-order valence-corrected chi connectivity index (χ1v) is 6.00. The minimum absolute atomic E-state index is 0.0270. The van der Waals surface area contributed by atoms with Crippen LogP contribution in [0.5, 0.6) is 0 Å². The lowest BCUT2D eigenvalue weighted by Gasteiger charge is -2.19. The van der Waals surface area contributed by atoms with Crippen LogP contribution in [0.3, 0.4) is 0 Å². The molecule has 94 valence electrons. The zero-order valence-electron chi connectivity index (χ0n) is 10.3. The molecule has 1 heterocycles. The smallest absolute Gasteiger partial charge is 0.242 e. The van der Waals surface area contributed by atoms with Gasteiger partial charge in [-0.2, -0.15) is 0 Å². The number of carbonyl (C=O) groups is 1. The van der Waals surface area contributed by atoms with E-state index in [0.717, 1.165) is 6.42 Å². The van der Waals surface area contributed by atoms with E-state index in [9.17, 15) is 4.79 Å². The van der Waals surface area contributed by atoms with Crippen LogP contribution in [0.15, 0.2) is 6.33 Å². The van der Waals surface area contributed by atoms with Crippen LogP contribution in [0, 0.1) is 11.8 Å². The Bertz CT molecular complexity index is 402. The zero-order chi connectivity index (χ0) is 12.4. The van der Waals surface area contributed by atoms with Crippen molar-refractivity contribution in [1.29, 1.82) is 0 Å². The number of carbonyl (C=O) groups excluding carboxylic acids is 1. The summed E-state index contributed by atoms with van der Waals surface area (Å²) in [6, 6.07) is 0.290. The molecular formula is C11H19N5O. The Morgan fingerprint density at radius 2 is 2.35 bits per heavy atom. The zero-order valence-corrected chi connectivity index (χ0v) is 10.3. The second kappa shape index (κ2) is 4.73. The SMILES string of the molecule is CC1CCC(NC(=O)Cn2cnc(N)n2)C1C. The molecule has 1 aliphatic rings. The number of rotatable bonds is 3. The van der Waals surface area contributed by atoms with Gasteiger partial charge in [0.15, 0.2) is 0 Å². The van der Waals surface area contributed by atoms with Crippen molar-refractivity contribution >= 4 is 11.9 Å². The molecule has 0 aromatic carbocycles. The van der Waals surface area contributed by atoms with E-state index in [1.165, 1.54) is 17.4 Å². The standard InChI is InChI=1S/C11H19N5O/c1-7-3-4-9(8(7)2)14-10(17)5-16-6-13-11(12)15-16/h6-9H,3-5H2,1-2H3,(H2,12,15)(H,14,17). The summed E-state index contributed by atoms with van der Waals surface area (Å²) in [6.07, 6.45) is 3.71. The summed E-state index contributed by atoms with van der Waals surface area (Å²) in [4.78, 5) is 15.6. The summed E-state index contributed by atoms with van der Waals surface area (Å²) in [5.41, 5.74) is 5.38. The molecule has 0 saturated heterocycles. The maximum Gasteiger partial charge on any atom is 0.242 e. The molecule has 1 aliphatic carbocycles. The average molecular weight is 237 g/mol. The van der Waals surface area contributed by atoms with Gasteiger partial charge in [-0.05, 0) is 24.7 Å². The Kier molecular flexibility index (Phi) is 3.31. The van der Waals surface area contributed by atoms with Gasteiger partial charge in [0.2, 0.25) is 11.9 Å². The minimum Gasteiger partial charge on any atom is -0.367 e. The maximum atomic E-state index is 11.8. The molecule has 0 bridgehead atoms. The van der Waals surface area contributed by atoms with E-state index in [4.69, 9.17) is 5.73 Å². The van der Waals surface area contributed by atoms with Crippen molar-refractivity contribution < 1.29 is 4.79 Å². The Morgan fingerprint density at radius 3 is 2.88 bits per heavy atom. The van der Waals surface area contributed by atoms with E-state index in [1.54, 1.807) is 0 Å². The first-order chi connectivity index (χ1) is 8.06. The van der Waals surface area contributed by atoms with Gasteiger partial charge in [-0.15, -0.1) is 5.10 Å². The van der Waals surface area contributed by atoms with E-state index >= 15 is 0 Å². The topological polar surface area (TPSA) is 85.8 Å².